The Morgan fingerprint density at radius 1 is 1.24 bits per heavy atom. The van der Waals surface area contributed by atoms with Gasteiger partial charge in [0.25, 0.3) is 11.8 Å². The monoisotopic (exact) mass is 395 g/mol. The molecule has 1 aromatic carbocycles. The average Bonchev–Trinajstić information content (AvgIpc) is 3.42. The molecule has 8 heteroatoms. The van der Waals surface area contributed by atoms with Gasteiger partial charge >= 0.3 is 0 Å². The van der Waals surface area contributed by atoms with Crippen LogP contribution in [-0.4, -0.2) is 37.3 Å². The Hall–Kier alpha value is -3.16. The number of likely N-dealkylation sites (tertiary alicyclic amines) is 1. The molecule has 1 saturated heterocycles. The van der Waals surface area contributed by atoms with Gasteiger partial charge in [0.15, 0.2) is 12.4 Å². The maximum atomic E-state index is 13.1. The second kappa shape index (κ2) is 8.46. The van der Waals surface area contributed by atoms with Crippen molar-refractivity contribution < 1.29 is 14.1 Å². The predicted octanol–water partition coefficient (Wildman–Crippen LogP) is 3.54. The van der Waals surface area contributed by atoms with Crippen LogP contribution >= 0.6 is 0 Å². The molecule has 0 saturated carbocycles. The van der Waals surface area contributed by atoms with E-state index in [2.05, 4.69) is 15.2 Å². The normalized spacial score (nSPS) is 16.8. The molecule has 1 aliphatic heterocycles. The number of aryl methyl sites for hydroxylation is 2. The number of carbonyl (C=O) groups excluding carboxylic acids is 1. The molecule has 1 fully saturated rings. The van der Waals surface area contributed by atoms with E-state index in [1.807, 2.05) is 43.0 Å². The molecule has 152 valence electrons. The number of aromatic nitrogens is 4. The lowest BCUT2D eigenvalue weighted by Gasteiger charge is -2.33. The van der Waals surface area contributed by atoms with E-state index < -0.39 is 0 Å². The summed E-state index contributed by atoms with van der Waals surface area (Å²) >= 11 is 0. The minimum atomic E-state index is -0.201. The maximum absolute atomic E-state index is 13.1. The van der Waals surface area contributed by atoms with Gasteiger partial charge in [-0.1, -0.05) is 22.9 Å². The Balaban J connectivity index is 1.47. The minimum Gasteiger partial charge on any atom is -0.484 e. The molecule has 3 heterocycles. The largest absolute Gasteiger partial charge is 0.484 e. The van der Waals surface area contributed by atoms with Crippen LogP contribution in [0.3, 0.4) is 0 Å². The summed E-state index contributed by atoms with van der Waals surface area (Å²) in [5.74, 6) is 1.63. The van der Waals surface area contributed by atoms with Crippen LogP contribution in [0.25, 0.3) is 0 Å². The van der Waals surface area contributed by atoms with Crippen molar-refractivity contribution in [1.29, 1.82) is 0 Å². The third-order valence-corrected chi connectivity index (χ3v) is 5.16. The van der Waals surface area contributed by atoms with Crippen LogP contribution < -0.4 is 4.74 Å². The van der Waals surface area contributed by atoms with E-state index in [-0.39, 0.29) is 18.6 Å². The zero-order valence-corrected chi connectivity index (χ0v) is 16.7. The standard InChI is InChI=1S/C21H25N5O3/c1-3-26-18(11-12-22-26)21(27)25-13-5-4-6-17(25)20-23-19(29-24-20)14-28-16-9-7-15(2)8-10-16/h7-12,17H,3-6,13-14H2,1-2H3. The average molecular weight is 395 g/mol. The first-order chi connectivity index (χ1) is 14.2. The van der Waals surface area contributed by atoms with Crippen LogP contribution in [-0.2, 0) is 13.2 Å². The van der Waals surface area contributed by atoms with Crippen LogP contribution in [0.5, 0.6) is 5.75 Å². The van der Waals surface area contributed by atoms with Gasteiger partial charge in [-0.25, -0.2) is 0 Å². The summed E-state index contributed by atoms with van der Waals surface area (Å²) in [4.78, 5) is 19.5. The number of piperidine rings is 1. The van der Waals surface area contributed by atoms with Crippen molar-refractivity contribution in [3.05, 3.63) is 59.5 Å². The quantitative estimate of drug-likeness (QED) is 0.634. The third kappa shape index (κ3) is 4.16. The highest BCUT2D eigenvalue weighted by Crippen LogP contribution is 2.30. The molecule has 1 atom stereocenters. The van der Waals surface area contributed by atoms with E-state index in [4.69, 9.17) is 9.26 Å². The van der Waals surface area contributed by atoms with Gasteiger partial charge in [0.1, 0.15) is 11.4 Å². The van der Waals surface area contributed by atoms with Crippen molar-refractivity contribution in [3.63, 3.8) is 0 Å². The fourth-order valence-corrected chi connectivity index (χ4v) is 3.60. The molecular weight excluding hydrogens is 370 g/mol. The summed E-state index contributed by atoms with van der Waals surface area (Å²) < 4.78 is 12.8. The lowest BCUT2D eigenvalue weighted by molar-refractivity contribution is 0.0584. The first kappa shape index (κ1) is 19.2. The van der Waals surface area contributed by atoms with Crippen molar-refractivity contribution in [1.82, 2.24) is 24.8 Å². The Kier molecular flexibility index (Phi) is 5.59. The Morgan fingerprint density at radius 2 is 2.07 bits per heavy atom. The molecule has 1 aliphatic rings. The minimum absolute atomic E-state index is 0.0451. The second-order valence-corrected chi connectivity index (χ2v) is 7.19. The van der Waals surface area contributed by atoms with Crippen molar-refractivity contribution in [2.75, 3.05) is 6.54 Å². The van der Waals surface area contributed by atoms with E-state index in [1.165, 1.54) is 5.56 Å². The molecule has 2 aromatic heterocycles. The second-order valence-electron chi connectivity index (χ2n) is 7.19. The molecule has 4 rings (SSSR count). The molecule has 3 aromatic rings. The lowest BCUT2D eigenvalue weighted by atomic mass is 10.0. The first-order valence-electron chi connectivity index (χ1n) is 10.0. The molecule has 1 amide bonds. The fourth-order valence-electron chi connectivity index (χ4n) is 3.60. The van der Waals surface area contributed by atoms with Gasteiger partial charge in [0.05, 0.1) is 6.04 Å². The number of amides is 1. The van der Waals surface area contributed by atoms with Gasteiger partial charge in [0.2, 0.25) is 0 Å². The van der Waals surface area contributed by atoms with E-state index in [9.17, 15) is 4.79 Å². The highest BCUT2D eigenvalue weighted by molar-refractivity contribution is 5.92. The zero-order chi connectivity index (χ0) is 20.2. The summed E-state index contributed by atoms with van der Waals surface area (Å²) in [6.45, 7) is 5.51. The Morgan fingerprint density at radius 3 is 2.86 bits per heavy atom. The number of benzene rings is 1. The summed E-state index contributed by atoms with van der Waals surface area (Å²) in [6.07, 6.45) is 4.45. The topological polar surface area (TPSA) is 86.3 Å². The molecule has 0 radical (unpaired) electrons. The van der Waals surface area contributed by atoms with Gasteiger partial charge in [-0.2, -0.15) is 10.1 Å². The number of rotatable bonds is 6. The predicted molar refractivity (Wildman–Crippen MR) is 105 cm³/mol. The maximum Gasteiger partial charge on any atom is 0.272 e. The first-order valence-corrected chi connectivity index (χ1v) is 10.0. The number of ether oxygens (including phenoxy) is 1. The van der Waals surface area contributed by atoms with Crippen molar-refractivity contribution >= 4 is 5.91 Å². The van der Waals surface area contributed by atoms with Crippen molar-refractivity contribution in [2.24, 2.45) is 0 Å². The third-order valence-electron chi connectivity index (χ3n) is 5.16. The highest BCUT2D eigenvalue weighted by Gasteiger charge is 2.33. The van der Waals surface area contributed by atoms with E-state index in [0.29, 0.717) is 30.5 Å². The zero-order valence-electron chi connectivity index (χ0n) is 16.7. The fraction of sp³-hybridized carbons (Fsp3) is 0.429. The molecule has 1 unspecified atom stereocenters. The van der Waals surface area contributed by atoms with Crippen LogP contribution in [0.15, 0.2) is 41.1 Å². The lowest BCUT2D eigenvalue weighted by Crippen LogP contribution is -2.40. The van der Waals surface area contributed by atoms with Crippen LogP contribution in [0.2, 0.25) is 0 Å². The molecular formula is C21H25N5O3. The Bertz CT molecular complexity index is 963. The van der Waals surface area contributed by atoms with Gasteiger partial charge < -0.3 is 14.2 Å². The number of hydrogen-bond donors (Lipinski definition) is 0. The van der Waals surface area contributed by atoms with Gasteiger partial charge in [-0.15, -0.1) is 0 Å². The molecule has 0 spiro atoms. The summed E-state index contributed by atoms with van der Waals surface area (Å²) in [5, 5.41) is 8.35. The molecule has 0 bridgehead atoms. The van der Waals surface area contributed by atoms with E-state index in [0.717, 1.165) is 25.0 Å². The van der Waals surface area contributed by atoms with Crippen molar-refractivity contribution in [2.45, 2.75) is 52.3 Å². The van der Waals surface area contributed by atoms with Gasteiger partial charge in [-0.05, 0) is 51.3 Å². The number of carbonyl (C=O) groups is 1. The summed E-state index contributed by atoms with van der Waals surface area (Å²) in [7, 11) is 0. The molecule has 0 N–H and O–H groups in total. The smallest absolute Gasteiger partial charge is 0.272 e. The Labute approximate surface area is 169 Å². The van der Waals surface area contributed by atoms with Gasteiger partial charge in [0, 0.05) is 19.3 Å². The van der Waals surface area contributed by atoms with Crippen LogP contribution in [0.1, 0.15) is 60.0 Å². The molecule has 8 nitrogen and oxygen atoms in total. The molecule has 0 aliphatic carbocycles. The summed E-state index contributed by atoms with van der Waals surface area (Å²) in [5.41, 5.74) is 1.76. The SMILES string of the molecule is CCn1nccc1C(=O)N1CCCCC1c1noc(COc2ccc(C)cc2)n1. The molecule has 29 heavy (non-hydrogen) atoms. The number of hydrogen-bond acceptors (Lipinski definition) is 6. The summed E-state index contributed by atoms with van der Waals surface area (Å²) in [6, 6.07) is 9.35. The highest BCUT2D eigenvalue weighted by atomic mass is 16.5. The van der Waals surface area contributed by atoms with Gasteiger partial charge in [-0.3, -0.25) is 9.48 Å². The van der Waals surface area contributed by atoms with E-state index >= 15 is 0 Å². The van der Waals surface area contributed by atoms with E-state index in [1.54, 1.807) is 16.9 Å². The van der Waals surface area contributed by atoms with Crippen LogP contribution in [0, 0.1) is 6.92 Å². The number of nitrogens with zero attached hydrogens (tertiary/aromatic N) is 5. The van der Waals surface area contributed by atoms with Crippen LogP contribution in [0.4, 0.5) is 0 Å². The van der Waals surface area contributed by atoms with Crippen molar-refractivity contribution in [3.8, 4) is 5.75 Å².